The summed E-state index contributed by atoms with van der Waals surface area (Å²) >= 11 is 3.42. The molecule has 0 spiro atoms. The van der Waals surface area contributed by atoms with Crippen LogP contribution in [-0.2, 0) is 9.59 Å². The molecule has 2 aliphatic heterocycles. The summed E-state index contributed by atoms with van der Waals surface area (Å²) in [5.41, 5.74) is 1.24. The molecule has 150 valence electrons. The second-order valence-corrected chi connectivity index (χ2v) is 7.85. The highest BCUT2D eigenvalue weighted by atomic mass is 79.9. The molecule has 2 heterocycles. The monoisotopic (exact) mass is 449 g/mol. The maximum Gasteiger partial charge on any atom is 0.264 e. The first kappa shape index (κ1) is 20.5. The third-order valence-corrected chi connectivity index (χ3v) is 5.65. The molecule has 8 heteroatoms. The standard InChI is InChI=1S/C20H24BrN3O4/c21-11-4-2-1-3-5-12-22-14-8-6-7-13-17(14)20(28)24(19(13)27)15-9-10-16(25)23-18(15)26/h6-8,15,22H,1-5,9-12H2,(H,23,25,26). The Kier molecular flexibility index (Phi) is 6.83. The Hall–Kier alpha value is -2.22. The molecule has 0 aliphatic carbocycles. The maximum absolute atomic E-state index is 13.0. The zero-order valence-electron chi connectivity index (χ0n) is 15.6. The van der Waals surface area contributed by atoms with Crippen LogP contribution in [0.4, 0.5) is 5.69 Å². The molecule has 0 radical (unpaired) electrons. The lowest BCUT2D eigenvalue weighted by atomic mass is 10.0. The van der Waals surface area contributed by atoms with E-state index < -0.39 is 23.8 Å². The number of amides is 4. The summed E-state index contributed by atoms with van der Waals surface area (Å²) in [6.45, 7) is 0.713. The van der Waals surface area contributed by atoms with Crippen molar-refractivity contribution in [3.05, 3.63) is 29.3 Å². The van der Waals surface area contributed by atoms with E-state index in [9.17, 15) is 19.2 Å². The Bertz CT molecular complexity index is 796. The highest BCUT2D eigenvalue weighted by Gasteiger charge is 2.45. The van der Waals surface area contributed by atoms with Gasteiger partial charge in [0, 0.05) is 24.0 Å². The van der Waals surface area contributed by atoms with Crippen LogP contribution in [0.15, 0.2) is 18.2 Å². The Labute approximate surface area is 172 Å². The number of carbonyl (C=O) groups excluding carboxylic acids is 4. The van der Waals surface area contributed by atoms with Gasteiger partial charge in [0.25, 0.3) is 11.8 Å². The number of alkyl halides is 1. The predicted molar refractivity (Wildman–Crippen MR) is 108 cm³/mol. The number of benzene rings is 1. The number of imide groups is 2. The van der Waals surface area contributed by atoms with Crippen LogP contribution in [-0.4, -0.2) is 46.4 Å². The number of fused-ring (bicyclic) bond motifs is 1. The second-order valence-electron chi connectivity index (χ2n) is 7.06. The summed E-state index contributed by atoms with van der Waals surface area (Å²) < 4.78 is 0. The smallest absolute Gasteiger partial charge is 0.264 e. The Balaban J connectivity index is 1.66. The van der Waals surface area contributed by atoms with Gasteiger partial charge in [-0.15, -0.1) is 0 Å². The molecule has 4 amide bonds. The number of rotatable bonds is 9. The molecular formula is C20H24BrN3O4. The zero-order chi connectivity index (χ0) is 20.1. The minimum atomic E-state index is -0.938. The van der Waals surface area contributed by atoms with Crippen LogP contribution in [0.25, 0.3) is 0 Å². The predicted octanol–water partition coefficient (Wildman–Crippen LogP) is 2.85. The minimum absolute atomic E-state index is 0.115. The Morgan fingerprint density at radius 2 is 1.79 bits per heavy atom. The highest BCUT2D eigenvalue weighted by Crippen LogP contribution is 2.32. The highest BCUT2D eigenvalue weighted by molar-refractivity contribution is 9.09. The van der Waals surface area contributed by atoms with E-state index in [1.54, 1.807) is 18.2 Å². The van der Waals surface area contributed by atoms with Crippen LogP contribution in [0.3, 0.4) is 0 Å². The van der Waals surface area contributed by atoms with Gasteiger partial charge in [-0.3, -0.25) is 29.4 Å². The van der Waals surface area contributed by atoms with Crippen molar-refractivity contribution in [3.8, 4) is 0 Å². The molecule has 1 aromatic rings. The van der Waals surface area contributed by atoms with Gasteiger partial charge >= 0.3 is 0 Å². The van der Waals surface area contributed by atoms with E-state index in [2.05, 4.69) is 26.6 Å². The largest absolute Gasteiger partial charge is 0.384 e. The van der Waals surface area contributed by atoms with Crippen LogP contribution in [0.5, 0.6) is 0 Å². The van der Waals surface area contributed by atoms with Crippen molar-refractivity contribution in [2.24, 2.45) is 0 Å². The first-order valence-corrected chi connectivity index (χ1v) is 10.8. The van der Waals surface area contributed by atoms with Crippen LogP contribution < -0.4 is 10.6 Å². The van der Waals surface area contributed by atoms with Crippen molar-refractivity contribution in [1.29, 1.82) is 0 Å². The minimum Gasteiger partial charge on any atom is -0.384 e. The van der Waals surface area contributed by atoms with Crippen molar-refractivity contribution < 1.29 is 19.2 Å². The average Bonchev–Trinajstić information content (AvgIpc) is 2.93. The number of nitrogens with one attached hydrogen (secondary N) is 2. The van der Waals surface area contributed by atoms with Crippen LogP contribution >= 0.6 is 15.9 Å². The first-order chi connectivity index (χ1) is 13.5. The molecule has 1 saturated heterocycles. The van der Waals surface area contributed by atoms with E-state index in [-0.39, 0.29) is 18.7 Å². The summed E-state index contributed by atoms with van der Waals surface area (Å²) in [6, 6.07) is 4.18. The van der Waals surface area contributed by atoms with E-state index in [4.69, 9.17) is 0 Å². The lowest BCUT2D eigenvalue weighted by Gasteiger charge is -2.27. The third-order valence-electron chi connectivity index (χ3n) is 5.09. The molecule has 1 aromatic carbocycles. The number of nitrogens with zero attached hydrogens (tertiary/aromatic N) is 1. The van der Waals surface area contributed by atoms with Gasteiger partial charge in [0.2, 0.25) is 11.8 Å². The molecule has 3 rings (SSSR count). The molecule has 1 fully saturated rings. The fraction of sp³-hybridized carbons (Fsp3) is 0.500. The fourth-order valence-electron chi connectivity index (χ4n) is 3.64. The molecule has 0 saturated carbocycles. The average molecular weight is 450 g/mol. The van der Waals surface area contributed by atoms with E-state index in [0.29, 0.717) is 23.4 Å². The molecule has 1 atom stereocenters. The molecule has 1 unspecified atom stereocenters. The number of hydrogen-bond acceptors (Lipinski definition) is 5. The topological polar surface area (TPSA) is 95.6 Å². The Morgan fingerprint density at radius 3 is 2.54 bits per heavy atom. The molecular weight excluding hydrogens is 426 g/mol. The second kappa shape index (κ2) is 9.32. The number of unbranched alkanes of at least 4 members (excludes halogenated alkanes) is 4. The van der Waals surface area contributed by atoms with Crippen LogP contribution in [0.1, 0.15) is 65.7 Å². The van der Waals surface area contributed by atoms with Gasteiger partial charge in [-0.2, -0.15) is 0 Å². The third kappa shape index (κ3) is 4.27. The van der Waals surface area contributed by atoms with Crippen LogP contribution in [0.2, 0.25) is 0 Å². The zero-order valence-corrected chi connectivity index (χ0v) is 17.2. The molecule has 28 heavy (non-hydrogen) atoms. The van der Waals surface area contributed by atoms with E-state index in [0.717, 1.165) is 23.1 Å². The molecule has 2 N–H and O–H groups in total. The van der Waals surface area contributed by atoms with Gasteiger partial charge in [0.1, 0.15) is 6.04 Å². The van der Waals surface area contributed by atoms with Gasteiger partial charge in [-0.1, -0.05) is 41.3 Å². The fourth-order valence-corrected chi connectivity index (χ4v) is 4.03. The Morgan fingerprint density at radius 1 is 1.04 bits per heavy atom. The summed E-state index contributed by atoms with van der Waals surface area (Å²) in [4.78, 5) is 50.2. The van der Waals surface area contributed by atoms with Gasteiger partial charge in [0.05, 0.1) is 11.1 Å². The number of halogens is 1. The van der Waals surface area contributed by atoms with E-state index >= 15 is 0 Å². The summed E-state index contributed by atoms with van der Waals surface area (Å²) in [7, 11) is 0. The number of hydrogen-bond donors (Lipinski definition) is 2. The van der Waals surface area contributed by atoms with Gasteiger partial charge in [0.15, 0.2) is 0 Å². The number of piperidine rings is 1. The number of carbonyl (C=O) groups is 4. The van der Waals surface area contributed by atoms with Crippen molar-refractivity contribution in [2.75, 3.05) is 17.2 Å². The van der Waals surface area contributed by atoms with Crippen LogP contribution in [0, 0.1) is 0 Å². The molecule has 0 aromatic heterocycles. The lowest BCUT2D eigenvalue weighted by Crippen LogP contribution is -2.54. The van der Waals surface area contributed by atoms with Crippen molar-refractivity contribution in [1.82, 2.24) is 10.2 Å². The summed E-state index contributed by atoms with van der Waals surface area (Å²) in [5.74, 6) is -1.93. The van der Waals surface area contributed by atoms with Gasteiger partial charge < -0.3 is 5.32 Å². The molecule has 7 nitrogen and oxygen atoms in total. The number of anilines is 1. The van der Waals surface area contributed by atoms with Crippen molar-refractivity contribution >= 4 is 45.2 Å². The van der Waals surface area contributed by atoms with Gasteiger partial charge in [-0.25, -0.2) is 0 Å². The molecule has 0 bridgehead atoms. The van der Waals surface area contributed by atoms with Gasteiger partial charge in [-0.05, 0) is 31.4 Å². The maximum atomic E-state index is 13.0. The quantitative estimate of drug-likeness (QED) is 0.343. The van der Waals surface area contributed by atoms with E-state index in [1.165, 1.54) is 19.3 Å². The summed E-state index contributed by atoms with van der Waals surface area (Å²) in [5, 5.41) is 6.50. The normalized spacial score (nSPS) is 19.0. The lowest BCUT2D eigenvalue weighted by molar-refractivity contribution is -0.136. The van der Waals surface area contributed by atoms with Crippen molar-refractivity contribution in [3.63, 3.8) is 0 Å². The molecule has 2 aliphatic rings. The van der Waals surface area contributed by atoms with E-state index in [1.807, 2.05) is 0 Å². The SMILES string of the molecule is O=C1CCC(N2C(=O)c3cccc(NCCCCCCCBr)c3C2=O)C(=O)N1. The van der Waals surface area contributed by atoms with Crippen molar-refractivity contribution in [2.45, 2.75) is 51.0 Å². The first-order valence-electron chi connectivity index (χ1n) is 9.69. The summed E-state index contributed by atoms with van der Waals surface area (Å²) in [6.07, 6.45) is 5.89.